The van der Waals surface area contributed by atoms with Crippen LogP contribution in [0.25, 0.3) is 0 Å². The highest BCUT2D eigenvalue weighted by Crippen LogP contribution is 2.09. The Bertz CT molecular complexity index is 752. The van der Waals surface area contributed by atoms with Crippen molar-refractivity contribution in [3.05, 3.63) is 78.0 Å². The number of hydrogen-bond acceptors (Lipinski definition) is 4. The van der Waals surface area contributed by atoms with Gasteiger partial charge in [-0.1, -0.05) is 65.3 Å². The molecule has 0 saturated heterocycles. The standard InChI is InChI=1S/C17H15N3O2/c21-17(15-9-5-2-6-10-15)18-16-13-20(19-22-16)12-11-14-7-3-1-4-8-14/h1-10,13H,11-12H2. The Balaban J connectivity index is 1.66. The molecule has 2 aromatic carbocycles. The van der Waals surface area contributed by atoms with Gasteiger partial charge in [0.25, 0.3) is 6.20 Å². The first-order chi connectivity index (χ1) is 10.8. The summed E-state index contributed by atoms with van der Waals surface area (Å²) in [5, 5.41) is 15.8. The first-order valence-corrected chi connectivity index (χ1v) is 7.03. The Kier molecular flexibility index (Phi) is 4.25. The second-order valence-electron chi connectivity index (χ2n) is 4.82. The van der Waals surface area contributed by atoms with E-state index in [4.69, 9.17) is 4.52 Å². The van der Waals surface area contributed by atoms with Crippen molar-refractivity contribution in [1.29, 1.82) is 0 Å². The predicted molar refractivity (Wildman–Crippen MR) is 79.5 cm³/mol. The zero-order valence-electron chi connectivity index (χ0n) is 11.9. The smallest absolute Gasteiger partial charge is 0.320 e. The Labute approximate surface area is 128 Å². The molecule has 5 heteroatoms. The minimum absolute atomic E-state index is 0.210. The van der Waals surface area contributed by atoms with E-state index >= 15 is 0 Å². The third kappa shape index (κ3) is 3.58. The van der Waals surface area contributed by atoms with Gasteiger partial charge in [0.2, 0.25) is 5.27 Å². The van der Waals surface area contributed by atoms with Crippen LogP contribution in [0.3, 0.4) is 0 Å². The van der Waals surface area contributed by atoms with Gasteiger partial charge >= 0.3 is 5.88 Å². The van der Waals surface area contributed by atoms with Crippen molar-refractivity contribution in [3.8, 4) is 0 Å². The third-order valence-electron chi connectivity index (χ3n) is 3.20. The third-order valence-corrected chi connectivity index (χ3v) is 3.20. The molecule has 22 heavy (non-hydrogen) atoms. The molecule has 0 bridgehead atoms. The van der Waals surface area contributed by atoms with Crippen LogP contribution >= 0.6 is 0 Å². The molecule has 0 aliphatic carbocycles. The summed E-state index contributed by atoms with van der Waals surface area (Å²) in [4.78, 5) is 3.92. The number of rotatable bonds is 5. The molecule has 0 aliphatic rings. The maximum Gasteiger partial charge on any atom is 0.320 e. The van der Waals surface area contributed by atoms with Crippen molar-refractivity contribution in [2.45, 2.75) is 13.0 Å². The summed E-state index contributed by atoms with van der Waals surface area (Å²) in [6.45, 7) is 0.669. The lowest BCUT2D eigenvalue weighted by atomic mass is 10.1. The molecule has 3 aromatic rings. The summed E-state index contributed by atoms with van der Waals surface area (Å²) in [7, 11) is 0. The zero-order chi connectivity index (χ0) is 15.2. The summed E-state index contributed by atoms with van der Waals surface area (Å²) in [5.41, 5.74) is 1.74. The first-order valence-electron chi connectivity index (χ1n) is 7.03. The van der Waals surface area contributed by atoms with E-state index in [2.05, 4.69) is 22.4 Å². The van der Waals surface area contributed by atoms with Gasteiger partial charge in [-0.15, -0.1) is 0 Å². The molecule has 110 valence electrons. The van der Waals surface area contributed by atoms with Crippen molar-refractivity contribution >= 4 is 11.8 Å². The van der Waals surface area contributed by atoms with E-state index in [1.54, 1.807) is 35.1 Å². The molecule has 0 fully saturated rings. The van der Waals surface area contributed by atoms with Gasteiger partial charge < -0.3 is 5.11 Å². The van der Waals surface area contributed by atoms with Crippen molar-refractivity contribution in [2.24, 2.45) is 4.99 Å². The van der Waals surface area contributed by atoms with Crippen LogP contribution in [-0.2, 0) is 13.0 Å². The van der Waals surface area contributed by atoms with Crippen molar-refractivity contribution < 1.29 is 14.3 Å². The fourth-order valence-corrected chi connectivity index (χ4v) is 2.06. The molecule has 0 saturated carbocycles. The topological polar surface area (TPSA) is 65.3 Å². The number of aryl methyl sites for hydroxylation is 2. The fourth-order valence-electron chi connectivity index (χ4n) is 2.06. The summed E-state index contributed by atoms with van der Waals surface area (Å²) in [6.07, 6.45) is 2.47. The highest BCUT2D eigenvalue weighted by Gasteiger charge is 2.10. The van der Waals surface area contributed by atoms with Gasteiger partial charge in [-0.2, -0.15) is 0 Å². The van der Waals surface area contributed by atoms with E-state index in [0.717, 1.165) is 6.42 Å². The summed E-state index contributed by atoms with van der Waals surface area (Å²) < 4.78 is 6.71. The second-order valence-corrected chi connectivity index (χ2v) is 4.82. The van der Waals surface area contributed by atoms with E-state index < -0.39 is 0 Å². The highest BCUT2D eigenvalue weighted by molar-refractivity contribution is 5.91. The molecule has 1 aromatic heterocycles. The van der Waals surface area contributed by atoms with Gasteiger partial charge in [0.1, 0.15) is 0 Å². The minimum Gasteiger partial charge on any atom is -0.858 e. The van der Waals surface area contributed by atoms with Crippen LogP contribution in [0, 0.1) is 0 Å². The summed E-state index contributed by atoms with van der Waals surface area (Å²) in [6, 6.07) is 19.0. The van der Waals surface area contributed by atoms with E-state index in [-0.39, 0.29) is 11.8 Å². The first kappa shape index (κ1) is 14.0. The molecule has 0 amide bonds. The Morgan fingerprint density at radius 3 is 2.45 bits per heavy atom. The number of nitrogens with zero attached hydrogens (tertiary/aromatic N) is 3. The Morgan fingerprint density at radius 2 is 1.73 bits per heavy atom. The SMILES string of the molecule is [O-]C(=Nc1c[n+](CCc2ccccc2)no1)c1ccccc1. The quantitative estimate of drug-likeness (QED) is 0.408. The molecule has 5 nitrogen and oxygen atoms in total. The maximum absolute atomic E-state index is 11.9. The number of hydrogen-bond donors (Lipinski definition) is 0. The van der Waals surface area contributed by atoms with Crippen LogP contribution in [0.2, 0.25) is 0 Å². The zero-order valence-corrected chi connectivity index (χ0v) is 11.9. The van der Waals surface area contributed by atoms with Gasteiger partial charge in [-0.3, -0.25) is 4.52 Å². The van der Waals surface area contributed by atoms with Crippen LogP contribution < -0.4 is 9.79 Å². The van der Waals surface area contributed by atoms with Gasteiger partial charge in [-0.25, -0.2) is 4.99 Å². The molecule has 0 aliphatic heterocycles. The Hall–Kier alpha value is -2.95. The summed E-state index contributed by atoms with van der Waals surface area (Å²) >= 11 is 0. The number of aromatic nitrogens is 2. The predicted octanol–water partition coefficient (Wildman–Crippen LogP) is 1.64. The van der Waals surface area contributed by atoms with E-state index in [1.807, 2.05) is 24.3 Å². The largest absolute Gasteiger partial charge is 0.858 e. The Morgan fingerprint density at radius 1 is 1.05 bits per heavy atom. The number of aliphatic imine (C=N–C) groups is 1. The average Bonchev–Trinajstić information content (AvgIpc) is 3.02. The van der Waals surface area contributed by atoms with Crippen LogP contribution in [0.4, 0.5) is 5.88 Å². The number of benzene rings is 2. The van der Waals surface area contributed by atoms with Gasteiger partial charge in [0, 0.05) is 6.42 Å². The van der Waals surface area contributed by atoms with Crippen LogP contribution in [0.1, 0.15) is 11.1 Å². The minimum atomic E-state index is -0.341. The lowest BCUT2D eigenvalue weighted by Gasteiger charge is -2.07. The monoisotopic (exact) mass is 293 g/mol. The maximum atomic E-state index is 11.9. The van der Waals surface area contributed by atoms with Gasteiger partial charge in [0.05, 0.1) is 0 Å². The fraction of sp³-hybridized carbons (Fsp3) is 0.118. The van der Waals surface area contributed by atoms with Crippen molar-refractivity contribution in [3.63, 3.8) is 0 Å². The van der Waals surface area contributed by atoms with Crippen LogP contribution in [-0.4, -0.2) is 11.2 Å². The molecule has 3 rings (SSSR count). The van der Waals surface area contributed by atoms with Crippen LogP contribution in [0.15, 0.2) is 76.4 Å². The lowest BCUT2D eigenvalue weighted by Crippen LogP contribution is -2.35. The molecular weight excluding hydrogens is 278 g/mol. The molecule has 0 unspecified atom stereocenters. The van der Waals surface area contributed by atoms with Gasteiger partial charge in [0.15, 0.2) is 6.54 Å². The molecule has 0 atom stereocenters. The molecule has 0 N–H and O–H groups in total. The van der Waals surface area contributed by atoms with E-state index in [1.165, 1.54) is 5.56 Å². The van der Waals surface area contributed by atoms with E-state index in [0.29, 0.717) is 12.1 Å². The van der Waals surface area contributed by atoms with Crippen molar-refractivity contribution in [2.75, 3.05) is 0 Å². The molecule has 0 spiro atoms. The molecular formula is C17H15N3O2. The van der Waals surface area contributed by atoms with Crippen LogP contribution in [0.5, 0.6) is 0 Å². The van der Waals surface area contributed by atoms with E-state index in [9.17, 15) is 5.11 Å². The normalized spacial score (nSPS) is 11.5. The lowest BCUT2D eigenvalue weighted by molar-refractivity contribution is -0.761. The molecule has 1 heterocycles. The molecule has 0 radical (unpaired) electrons. The summed E-state index contributed by atoms with van der Waals surface area (Å²) in [5.74, 6) is -0.131. The van der Waals surface area contributed by atoms with Gasteiger partial charge in [-0.05, 0) is 17.0 Å². The average molecular weight is 293 g/mol. The van der Waals surface area contributed by atoms with Crippen molar-refractivity contribution in [1.82, 2.24) is 5.27 Å². The second kappa shape index (κ2) is 6.67. The highest BCUT2D eigenvalue weighted by atomic mass is 16.5.